The van der Waals surface area contributed by atoms with Gasteiger partial charge in [-0.25, -0.2) is 0 Å². The van der Waals surface area contributed by atoms with Crippen LogP contribution in [-0.4, -0.2) is 42.9 Å². The van der Waals surface area contributed by atoms with Crippen molar-refractivity contribution in [1.29, 1.82) is 0 Å². The number of carbonyl (C=O) groups is 1. The monoisotopic (exact) mass is 484 g/mol. The summed E-state index contributed by atoms with van der Waals surface area (Å²) in [5, 5.41) is 2.63. The van der Waals surface area contributed by atoms with Gasteiger partial charge in [0.2, 0.25) is 0 Å². The molecule has 1 saturated heterocycles. The number of benzene rings is 1. The molecule has 0 aromatic heterocycles. The van der Waals surface area contributed by atoms with Crippen LogP contribution in [0.25, 0.3) is 0 Å². The molecule has 3 N–H and O–H groups in total. The summed E-state index contributed by atoms with van der Waals surface area (Å²) in [6.45, 7) is 2.39. The van der Waals surface area contributed by atoms with Crippen molar-refractivity contribution in [2.24, 2.45) is 10.7 Å². The zero-order chi connectivity index (χ0) is 18.3. The maximum absolute atomic E-state index is 12.5. The van der Waals surface area contributed by atoms with E-state index in [2.05, 4.69) is 10.3 Å². The molecule has 146 valence electrons. The van der Waals surface area contributed by atoms with Gasteiger partial charge in [-0.1, -0.05) is 12.8 Å². The first-order valence-corrected chi connectivity index (χ1v) is 8.38. The minimum Gasteiger partial charge on any atom is -0.370 e. The summed E-state index contributed by atoms with van der Waals surface area (Å²) in [6, 6.07) is 4.11. The highest BCUT2D eigenvalue weighted by Gasteiger charge is 2.30. The second-order valence-electron chi connectivity index (χ2n) is 5.97. The summed E-state index contributed by atoms with van der Waals surface area (Å²) >= 11 is 0. The number of hydrogen-bond acceptors (Lipinski definition) is 2. The molecule has 1 fully saturated rings. The molecule has 26 heavy (non-hydrogen) atoms. The van der Waals surface area contributed by atoms with Gasteiger partial charge < -0.3 is 16.0 Å². The summed E-state index contributed by atoms with van der Waals surface area (Å²) in [7, 11) is 0. The second kappa shape index (κ2) is 10.6. The van der Waals surface area contributed by atoms with Gasteiger partial charge in [-0.3, -0.25) is 9.79 Å². The van der Waals surface area contributed by atoms with Crippen LogP contribution in [-0.2, 0) is 6.18 Å². The van der Waals surface area contributed by atoms with Crippen LogP contribution in [0.2, 0.25) is 0 Å². The first-order chi connectivity index (χ1) is 11.9. The predicted molar refractivity (Wildman–Crippen MR) is 106 cm³/mol. The highest BCUT2D eigenvalue weighted by Crippen LogP contribution is 2.29. The van der Waals surface area contributed by atoms with Gasteiger partial charge in [-0.05, 0) is 37.1 Å². The lowest BCUT2D eigenvalue weighted by Gasteiger charge is -2.21. The molecule has 0 aliphatic carbocycles. The van der Waals surface area contributed by atoms with Gasteiger partial charge >= 0.3 is 6.18 Å². The fraction of sp³-hybridized carbons (Fsp3) is 0.529. The van der Waals surface area contributed by atoms with Gasteiger partial charge in [0.15, 0.2) is 5.96 Å². The molecule has 1 aromatic carbocycles. The number of hydrogen-bond donors (Lipinski definition) is 2. The Labute approximate surface area is 168 Å². The third kappa shape index (κ3) is 7.00. The Balaban J connectivity index is 0.00000338. The standard InChI is InChI=1S/C17H23F3N4O.HI/c18-17(19,20)14-7-5-13(6-8-14)15(25)22-9-10-23-16(21)24-11-3-1-2-4-12-24;/h5-8H,1-4,9-12H2,(H2,21,23)(H,22,25);1H. The topological polar surface area (TPSA) is 70.7 Å². The van der Waals surface area contributed by atoms with Crippen molar-refractivity contribution < 1.29 is 18.0 Å². The van der Waals surface area contributed by atoms with Gasteiger partial charge in [-0.2, -0.15) is 13.2 Å². The number of halogens is 4. The molecule has 0 spiro atoms. The Kier molecular flexibility index (Phi) is 9.17. The quantitative estimate of drug-likeness (QED) is 0.299. The minimum atomic E-state index is -4.41. The fourth-order valence-electron chi connectivity index (χ4n) is 2.65. The van der Waals surface area contributed by atoms with Crippen LogP contribution in [0.3, 0.4) is 0 Å². The third-order valence-electron chi connectivity index (χ3n) is 4.08. The Morgan fingerprint density at radius 2 is 1.69 bits per heavy atom. The number of carbonyl (C=O) groups excluding carboxylic acids is 1. The molecule has 0 radical (unpaired) electrons. The lowest BCUT2D eigenvalue weighted by atomic mass is 10.1. The van der Waals surface area contributed by atoms with Gasteiger partial charge in [0, 0.05) is 25.2 Å². The van der Waals surface area contributed by atoms with E-state index in [4.69, 9.17) is 5.73 Å². The van der Waals surface area contributed by atoms with E-state index in [1.807, 2.05) is 4.90 Å². The van der Waals surface area contributed by atoms with Gasteiger partial charge in [0.05, 0.1) is 12.1 Å². The first kappa shape index (κ1) is 22.5. The van der Waals surface area contributed by atoms with Crippen molar-refractivity contribution in [3.8, 4) is 0 Å². The molecule has 2 rings (SSSR count). The minimum absolute atomic E-state index is 0. The van der Waals surface area contributed by atoms with E-state index in [1.54, 1.807) is 0 Å². The molecule has 5 nitrogen and oxygen atoms in total. The van der Waals surface area contributed by atoms with Crippen LogP contribution in [0.1, 0.15) is 41.6 Å². The third-order valence-corrected chi connectivity index (χ3v) is 4.08. The molecule has 0 atom stereocenters. The van der Waals surface area contributed by atoms with Crippen LogP contribution in [0.4, 0.5) is 13.2 Å². The summed E-state index contributed by atoms with van der Waals surface area (Å²) in [4.78, 5) is 18.2. The van der Waals surface area contributed by atoms with Crippen molar-refractivity contribution in [1.82, 2.24) is 10.2 Å². The van der Waals surface area contributed by atoms with Crippen LogP contribution in [0, 0.1) is 0 Å². The Bertz CT molecular complexity index is 597. The maximum atomic E-state index is 12.5. The lowest BCUT2D eigenvalue weighted by Crippen LogP contribution is -2.38. The van der Waals surface area contributed by atoms with Gasteiger partial charge in [0.1, 0.15) is 0 Å². The first-order valence-electron chi connectivity index (χ1n) is 8.38. The summed E-state index contributed by atoms with van der Waals surface area (Å²) in [5.41, 5.74) is 5.36. The van der Waals surface area contributed by atoms with Crippen molar-refractivity contribution in [3.63, 3.8) is 0 Å². The highest BCUT2D eigenvalue weighted by molar-refractivity contribution is 14.0. The SMILES string of the molecule is I.NC(=NCCNC(=O)c1ccc(C(F)(F)F)cc1)N1CCCCCC1. The molecular weight excluding hydrogens is 460 g/mol. The predicted octanol–water partition coefficient (Wildman–Crippen LogP) is 3.24. The number of aliphatic imine (C=N–C) groups is 1. The fourth-order valence-corrected chi connectivity index (χ4v) is 2.65. The van der Waals surface area contributed by atoms with Crippen molar-refractivity contribution in [3.05, 3.63) is 35.4 Å². The molecule has 1 heterocycles. The number of amides is 1. The van der Waals surface area contributed by atoms with Crippen molar-refractivity contribution in [2.75, 3.05) is 26.2 Å². The van der Waals surface area contributed by atoms with Gasteiger partial charge in [0.25, 0.3) is 5.91 Å². The van der Waals surface area contributed by atoms with E-state index >= 15 is 0 Å². The Morgan fingerprint density at radius 3 is 2.23 bits per heavy atom. The van der Waals surface area contributed by atoms with E-state index in [1.165, 1.54) is 12.8 Å². The van der Waals surface area contributed by atoms with E-state index < -0.39 is 17.6 Å². The Hall–Kier alpha value is -1.52. The molecule has 9 heteroatoms. The summed E-state index contributed by atoms with van der Waals surface area (Å²) in [5.74, 6) is 0.0444. The molecule has 1 amide bonds. The second-order valence-corrected chi connectivity index (χ2v) is 5.97. The zero-order valence-corrected chi connectivity index (χ0v) is 16.7. The average Bonchev–Trinajstić information content (AvgIpc) is 2.87. The van der Waals surface area contributed by atoms with Crippen LogP contribution < -0.4 is 11.1 Å². The van der Waals surface area contributed by atoms with E-state index in [0.29, 0.717) is 12.5 Å². The summed E-state index contributed by atoms with van der Waals surface area (Å²) in [6.07, 6.45) is 0.191. The molecule has 0 unspecified atom stereocenters. The number of nitrogens with two attached hydrogens (primary N) is 1. The molecule has 1 aliphatic rings. The van der Waals surface area contributed by atoms with Crippen molar-refractivity contribution >= 4 is 35.8 Å². The smallest absolute Gasteiger partial charge is 0.370 e. The van der Waals surface area contributed by atoms with E-state index in [-0.39, 0.29) is 36.1 Å². The number of nitrogens with zero attached hydrogens (tertiary/aromatic N) is 2. The molecular formula is C17H24F3IN4O. The summed E-state index contributed by atoms with van der Waals surface area (Å²) < 4.78 is 37.5. The number of alkyl halides is 3. The molecule has 1 aromatic rings. The van der Waals surface area contributed by atoms with Crippen LogP contribution in [0.5, 0.6) is 0 Å². The Morgan fingerprint density at radius 1 is 1.12 bits per heavy atom. The largest absolute Gasteiger partial charge is 0.416 e. The van der Waals surface area contributed by atoms with Gasteiger partial charge in [-0.15, -0.1) is 24.0 Å². The molecule has 0 saturated carbocycles. The number of rotatable bonds is 4. The highest BCUT2D eigenvalue weighted by atomic mass is 127. The normalized spacial score (nSPS) is 15.8. The van der Waals surface area contributed by atoms with Crippen LogP contribution in [0.15, 0.2) is 29.3 Å². The molecule has 0 bridgehead atoms. The number of likely N-dealkylation sites (tertiary alicyclic amines) is 1. The average molecular weight is 484 g/mol. The lowest BCUT2D eigenvalue weighted by molar-refractivity contribution is -0.137. The number of guanidine groups is 1. The van der Waals surface area contributed by atoms with E-state index in [9.17, 15) is 18.0 Å². The zero-order valence-electron chi connectivity index (χ0n) is 14.4. The molecule has 1 aliphatic heterocycles. The maximum Gasteiger partial charge on any atom is 0.416 e. The number of nitrogens with one attached hydrogen (secondary N) is 1. The van der Waals surface area contributed by atoms with Crippen LogP contribution >= 0.6 is 24.0 Å². The van der Waals surface area contributed by atoms with E-state index in [0.717, 1.165) is 50.2 Å². The van der Waals surface area contributed by atoms with Crippen molar-refractivity contribution in [2.45, 2.75) is 31.9 Å².